The van der Waals surface area contributed by atoms with Gasteiger partial charge in [0.15, 0.2) is 0 Å². The number of carbonyl (C=O) groups is 2. The molecule has 0 saturated carbocycles. The van der Waals surface area contributed by atoms with Crippen LogP contribution in [0, 0.1) is 0 Å². The lowest BCUT2D eigenvalue weighted by atomic mass is 10.00. The third-order valence-corrected chi connectivity index (χ3v) is 5.19. The van der Waals surface area contributed by atoms with E-state index in [0.29, 0.717) is 25.0 Å². The van der Waals surface area contributed by atoms with Gasteiger partial charge in [-0.25, -0.2) is 0 Å². The van der Waals surface area contributed by atoms with Crippen molar-refractivity contribution in [3.8, 4) is 5.75 Å². The van der Waals surface area contributed by atoms with Crippen LogP contribution in [0.2, 0.25) is 0 Å². The van der Waals surface area contributed by atoms with Gasteiger partial charge in [0.2, 0.25) is 5.91 Å². The third-order valence-electron chi connectivity index (χ3n) is 4.54. The molecule has 2 aromatic carbocycles. The molecule has 0 fully saturated rings. The van der Waals surface area contributed by atoms with Crippen LogP contribution in [0.1, 0.15) is 34.8 Å². The molecule has 1 aliphatic heterocycles. The molecule has 0 radical (unpaired) electrons. The average Bonchev–Trinajstić information content (AvgIpc) is 2.71. The molecule has 1 heterocycles. The van der Waals surface area contributed by atoms with Crippen LogP contribution in [0.5, 0.6) is 5.75 Å². The Kier molecular flexibility index (Phi) is 6.76. The number of fused-ring (bicyclic) bond motifs is 1. The minimum atomic E-state index is -0.569. The Balaban J connectivity index is 1.69. The van der Waals surface area contributed by atoms with Crippen LogP contribution in [-0.4, -0.2) is 36.5 Å². The smallest absolute Gasteiger partial charge is 0.251 e. The monoisotopic (exact) mass is 384 g/mol. The molecule has 0 aliphatic carbocycles. The van der Waals surface area contributed by atoms with Crippen LogP contribution in [0.3, 0.4) is 0 Å². The topological polar surface area (TPSA) is 67.4 Å². The third kappa shape index (κ3) is 5.04. The summed E-state index contributed by atoms with van der Waals surface area (Å²) in [5, 5.41) is 5.98. The van der Waals surface area contributed by atoms with Crippen LogP contribution in [0.15, 0.2) is 54.6 Å². The zero-order valence-electron chi connectivity index (χ0n) is 15.3. The van der Waals surface area contributed by atoms with Gasteiger partial charge in [-0.2, -0.15) is 11.8 Å². The quantitative estimate of drug-likeness (QED) is 0.769. The molecule has 142 valence electrons. The Morgan fingerprint density at radius 2 is 1.89 bits per heavy atom. The fourth-order valence-electron chi connectivity index (χ4n) is 3.10. The van der Waals surface area contributed by atoms with E-state index in [-0.39, 0.29) is 17.9 Å². The fourth-order valence-corrected chi connectivity index (χ4v) is 3.57. The maximum absolute atomic E-state index is 12.9. The maximum Gasteiger partial charge on any atom is 0.251 e. The van der Waals surface area contributed by atoms with E-state index in [4.69, 9.17) is 4.74 Å². The number of thioether (sulfide) groups is 1. The first-order valence-electron chi connectivity index (χ1n) is 9.06. The van der Waals surface area contributed by atoms with Crippen LogP contribution < -0.4 is 15.4 Å². The number of nitrogens with one attached hydrogen (secondary N) is 2. The normalized spacial score (nSPS) is 16.6. The second-order valence-electron chi connectivity index (χ2n) is 6.41. The van der Waals surface area contributed by atoms with Crippen LogP contribution in [-0.2, 0) is 4.79 Å². The molecule has 2 amide bonds. The number of ether oxygens (including phenoxy) is 1. The first kappa shape index (κ1) is 19.3. The molecule has 0 saturated heterocycles. The number of amides is 2. The van der Waals surface area contributed by atoms with Gasteiger partial charge in [-0.15, -0.1) is 0 Å². The molecule has 2 aromatic rings. The lowest BCUT2D eigenvalue weighted by Crippen LogP contribution is -2.48. The standard InChI is InChI=1S/C21H24N2O3S/c1-27-14-12-18(23-20(24)15-7-3-2-4-8-15)21(25)22-17-11-13-26-19-10-6-5-9-16(17)19/h2-10,17-18H,11-14H2,1H3,(H,22,25)(H,23,24)/t17-,18+/m1/s1. The minimum absolute atomic E-state index is 0.104. The highest BCUT2D eigenvalue weighted by Gasteiger charge is 2.27. The predicted octanol–water partition coefficient (Wildman–Crippen LogP) is 3.18. The van der Waals surface area contributed by atoms with E-state index in [2.05, 4.69) is 10.6 Å². The second-order valence-corrected chi connectivity index (χ2v) is 7.40. The minimum Gasteiger partial charge on any atom is -0.493 e. The molecule has 0 aromatic heterocycles. The highest BCUT2D eigenvalue weighted by molar-refractivity contribution is 7.98. The van der Waals surface area contributed by atoms with Crippen molar-refractivity contribution in [3.63, 3.8) is 0 Å². The van der Waals surface area contributed by atoms with E-state index >= 15 is 0 Å². The Morgan fingerprint density at radius 1 is 1.15 bits per heavy atom. The SMILES string of the molecule is CSCC[C@H](NC(=O)c1ccccc1)C(=O)N[C@@H]1CCOc2ccccc21. The number of rotatable bonds is 7. The lowest BCUT2D eigenvalue weighted by Gasteiger charge is -2.28. The van der Waals surface area contributed by atoms with Gasteiger partial charge < -0.3 is 15.4 Å². The fraction of sp³-hybridized carbons (Fsp3) is 0.333. The molecular weight excluding hydrogens is 360 g/mol. The van der Waals surface area contributed by atoms with Crippen molar-refractivity contribution in [2.45, 2.75) is 24.9 Å². The highest BCUT2D eigenvalue weighted by Crippen LogP contribution is 2.31. The van der Waals surface area contributed by atoms with Gasteiger partial charge in [0.25, 0.3) is 5.91 Å². The lowest BCUT2D eigenvalue weighted by molar-refractivity contribution is -0.124. The summed E-state index contributed by atoms with van der Waals surface area (Å²) in [5.74, 6) is 1.21. The molecule has 0 bridgehead atoms. The zero-order chi connectivity index (χ0) is 19.1. The number of para-hydroxylation sites is 1. The first-order valence-corrected chi connectivity index (χ1v) is 10.5. The maximum atomic E-state index is 12.9. The van der Waals surface area contributed by atoms with Gasteiger partial charge >= 0.3 is 0 Å². The zero-order valence-corrected chi connectivity index (χ0v) is 16.1. The van der Waals surface area contributed by atoms with Crippen molar-refractivity contribution in [2.24, 2.45) is 0 Å². The van der Waals surface area contributed by atoms with Gasteiger partial charge in [-0.1, -0.05) is 36.4 Å². The number of hydrogen-bond donors (Lipinski definition) is 2. The van der Waals surface area contributed by atoms with E-state index in [9.17, 15) is 9.59 Å². The van der Waals surface area contributed by atoms with Crippen molar-refractivity contribution in [2.75, 3.05) is 18.6 Å². The molecule has 3 rings (SSSR count). The summed E-state index contributed by atoms with van der Waals surface area (Å²) in [5.41, 5.74) is 1.53. The summed E-state index contributed by atoms with van der Waals surface area (Å²) in [7, 11) is 0. The van der Waals surface area contributed by atoms with Gasteiger partial charge in [-0.3, -0.25) is 9.59 Å². The van der Waals surface area contributed by atoms with Crippen LogP contribution >= 0.6 is 11.8 Å². The van der Waals surface area contributed by atoms with E-state index in [1.165, 1.54) is 0 Å². The molecular formula is C21H24N2O3S. The van der Waals surface area contributed by atoms with Gasteiger partial charge in [-0.05, 0) is 36.6 Å². The molecule has 0 spiro atoms. The first-order chi connectivity index (χ1) is 13.2. The number of carbonyl (C=O) groups excluding carboxylic acids is 2. The summed E-state index contributed by atoms with van der Waals surface area (Å²) in [6.45, 7) is 0.563. The number of benzene rings is 2. The molecule has 1 aliphatic rings. The molecule has 2 atom stereocenters. The molecule has 0 unspecified atom stereocenters. The molecule has 5 nitrogen and oxygen atoms in total. The summed E-state index contributed by atoms with van der Waals surface area (Å²) in [6, 6.07) is 16.0. The van der Waals surface area contributed by atoms with E-state index in [1.54, 1.807) is 23.9 Å². The van der Waals surface area contributed by atoms with E-state index < -0.39 is 6.04 Å². The number of hydrogen-bond acceptors (Lipinski definition) is 4. The van der Waals surface area contributed by atoms with Gasteiger partial charge in [0, 0.05) is 17.5 Å². The van der Waals surface area contributed by atoms with Gasteiger partial charge in [0.1, 0.15) is 11.8 Å². The summed E-state index contributed by atoms with van der Waals surface area (Å²) >= 11 is 1.65. The summed E-state index contributed by atoms with van der Waals surface area (Å²) < 4.78 is 5.66. The Bertz CT molecular complexity index is 782. The van der Waals surface area contributed by atoms with E-state index in [1.807, 2.05) is 48.7 Å². The van der Waals surface area contributed by atoms with E-state index in [0.717, 1.165) is 17.1 Å². The molecule has 2 N–H and O–H groups in total. The van der Waals surface area contributed by atoms with Crippen molar-refractivity contribution in [1.29, 1.82) is 0 Å². The van der Waals surface area contributed by atoms with Gasteiger partial charge in [0.05, 0.1) is 12.6 Å². The largest absolute Gasteiger partial charge is 0.493 e. The summed E-state index contributed by atoms with van der Waals surface area (Å²) in [4.78, 5) is 25.4. The molecule has 27 heavy (non-hydrogen) atoms. The van der Waals surface area contributed by atoms with Crippen LogP contribution in [0.25, 0.3) is 0 Å². The van der Waals surface area contributed by atoms with Crippen molar-refractivity contribution >= 4 is 23.6 Å². The summed E-state index contributed by atoms with van der Waals surface area (Å²) in [6.07, 6.45) is 3.28. The Morgan fingerprint density at radius 3 is 2.67 bits per heavy atom. The Hall–Kier alpha value is -2.47. The second kappa shape index (κ2) is 9.46. The Labute approximate surface area is 163 Å². The van der Waals surface area contributed by atoms with Crippen molar-refractivity contribution in [1.82, 2.24) is 10.6 Å². The average molecular weight is 385 g/mol. The highest BCUT2D eigenvalue weighted by atomic mass is 32.2. The van der Waals surface area contributed by atoms with Crippen LogP contribution in [0.4, 0.5) is 0 Å². The predicted molar refractivity (Wildman–Crippen MR) is 108 cm³/mol. The van der Waals surface area contributed by atoms with Crippen molar-refractivity contribution in [3.05, 3.63) is 65.7 Å². The molecule has 6 heteroatoms. The van der Waals surface area contributed by atoms with Crippen molar-refractivity contribution < 1.29 is 14.3 Å².